The van der Waals surface area contributed by atoms with Gasteiger partial charge in [0.25, 0.3) is 0 Å². The summed E-state index contributed by atoms with van der Waals surface area (Å²) in [5, 5.41) is 14.1. The van der Waals surface area contributed by atoms with Crippen LogP contribution in [-0.2, 0) is 9.59 Å². The average molecular weight is 212 g/mol. The van der Waals surface area contributed by atoms with E-state index in [0.29, 0.717) is 6.54 Å². The predicted molar refractivity (Wildman–Crippen MR) is 57.0 cm³/mol. The summed E-state index contributed by atoms with van der Waals surface area (Å²) in [7, 11) is 0. The highest BCUT2D eigenvalue weighted by atomic mass is 16.3. The van der Waals surface area contributed by atoms with Gasteiger partial charge in [0.05, 0.1) is 6.42 Å². The van der Waals surface area contributed by atoms with E-state index in [0.717, 1.165) is 0 Å². The molecule has 0 aromatic carbocycles. The second-order valence-electron chi connectivity index (χ2n) is 2.85. The molecule has 0 spiro atoms. The third-order valence-corrected chi connectivity index (χ3v) is 1.55. The lowest BCUT2D eigenvalue weighted by molar-refractivity contribution is -0.134. The zero-order valence-corrected chi connectivity index (χ0v) is 8.53. The van der Waals surface area contributed by atoms with Gasteiger partial charge in [-0.15, -0.1) is 13.2 Å². The van der Waals surface area contributed by atoms with Crippen LogP contribution in [0.3, 0.4) is 0 Å². The van der Waals surface area contributed by atoms with Crippen LogP contribution in [0.1, 0.15) is 6.42 Å². The number of hydrogen-bond donors (Lipinski definition) is 3. The summed E-state index contributed by atoms with van der Waals surface area (Å²) < 4.78 is 0. The Morgan fingerprint density at radius 1 is 1.20 bits per heavy atom. The monoisotopic (exact) mass is 212 g/mol. The van der Waals surface area contributed by atoms with Gasteiger partial charge >= 0.3 is 0 Å². The first-order valence-electron chi connectivity index (χ1n) is 4.56. The van der Waals surface area contributed by atoms with Crippen LogP contribution in [0.15, 0.2) is 25.3 Å². The molecule has 0 saturated carbocycles. The van der Waals surface area contributed by atoms with Crippen molar-refractivity contribution in [2.75, 3.05) is 13.1 Å². The van der Waals surface area contributed by atoms with E-state index in [2.05, 4.69) is 23.8 Å². The number of aliphatic hydroxyl groups is 1. The summed E-state index contributed by atoms with van der Waals surface area (Å²) in [4.78, 5) is 22.2. The number of aliphatic hydroxyl groups excluding tert-OH is 1. The summed E-state index contributed by atoms with van der Waals surface area (Å²) in [5.41, 5.74) is 0. The van der Waals surface area contributed by atoms with Gasteiger partial charge in [0.2, 0.25) is 11.8 Å². The first-order chi connectivity index (χ1) is 7.11. The van der Waals surface area contributed by atoms with Gasteiger partial charge in [-0.05, 0) is 0 Å². The Bertz CT molecular complexity index is 251. The van der Waals surface area contributed by atoms with Crippen LogP contribution in [0.25, 0.3) is 0 Å². The molecule has 0 heterocycles. The summed E-state index contributed by atoms with van der Waals surface area (Å²) >= 11 is 0. The lowest BCUT2D eigenvalue weighted by Crippen LogP contribution is -2.38. The Kier molecular flexibility index (Phi) is 6.92. The van der Waals surface area contributed by atoms with E-state index >= 15 is 0 Å². The fourth-order valence-corrected chi connectivity index (χ4v) is 0.817. The van der Waals surface area contributed by atoms with E-state index in [1.807, 2.05) is 0 Å². The van der Waals surface area contributed by atoms with Crippen molar-refractivity contribution in [3.8, 4) is 0 Å². The van der Waals surface area contributed by atoms with E-state index < -0.39 is 17.9 Å². The molecule has 5 heteroatoms. The Balaban J connectivity index is 3.84. The van der Waals surface area contributed by atoms with E-state index in [1.54, 1.807) is 0 Å². The molecule has 0 aliphatic rings. The predicted octanol–water partition coefficient (Wildman–Crippen LogP) is -0.658. The minimum Gasteiger partial charge on any atom is -0.383 e. The van der Waals surface area contributed by atoms with Gasteiger partial charge in [0, 0.05) is 13.1 Å². The van der Waals surface area contributed by atoms with Crippen molar-refractivity contribution in [2.45, 2.75) is 12.5 Å². The minimum atomic E-state index is -1.32. The minimum absolute atomic E-state index is 0.253. The molecule has 15 heavy (non-hydrogen) atoms. The van der Waals surface area contributed by atoms with E-state index in [4.69, 9.17) is 0 Å². The molecule has 0 rings (SSSR count). The van der Waals surface area contributed by atoms with Crippen LogP contribution in [0.4, 0.5) is 0 Å². The van der Waals surface area contributed by atoms with Crippen molar-refractivity contribution >= 4 is 11.8 Å². The van der Waals surface area contributed by atoms with Gasteiger partial charge in [0.1, 0.15) is 6.10 Å². The zero-order chi connectivity index (χ0) is 11.7. The smallest absolute Gasteiger partial charge is 0.249 e. The number of carbonyl (C=O) groups excluding carboxylic acids is 2. The fourth-order valence-electron chi connectivity index (χ4n) is 0.817. The molecule has 5 nitrogen and oxygen atoms in total. The van der Waals surface area contributed by atoms with E-state index in [-0.39, 0.29) is 13.0 Å². The number of carbonyl (C=O) groups is 2. The first-order valence-corrected chi connectivity index (χ1v) is 4.56. The highest BCUT2D eigenvalue weighted by Crippen LogP contribution is 1.91. The van der Waals surface area contributed by atoms with Crippen molar-refractivity contribution < 1.29 is 14.7 Å². The van der Waals surface area contributed by atoms with Crippen LogP contribution in [-0.4, -0.2) is 36.1 Å². The number of nitrogens with one attached hydrogen (secondary N) is 2. The van der Waals surface area contributed by atoms with Crippen molar-refractivity contribution in [1.29, 1.82) is 0 Å². The second-order valence-corrected chi connectivity index (χ2v) is 2.85. The molecule has 3 N–H and O–H groups in total. The zero-order valence-electron chi connectivity index (χ0n) is 8.53. The molecule has 1 atom stereocenters. The molecule has 0 radical (unpaired) electrons. The lowest BCUT2D eigenvalue weighted by atomic mass is 10.2. The van der Waals surface area contributed by atoms with Gasteiger partial charge in [-0.1, -0.05) is 12.2 Å². The Labute approximate surface area is 88.9 Å². The summed E-state index contributed by atoms with van der Waals surface area (Å²) in [5.74, 6) is -0.972. The molecule has 0 aliphatic heterocycles. The summed E-state index contributed by atoms with van der Waals surface area (Å²) in [6, 6.07) is 0. The van der Waals surface area contributed by atoms with Crippen LogP contribution in [0, 0.1) is 0 Å². The maximum Gasteiger partial charge on any atom is 0.249 e. The van der Waals surface area contributed by atoms with Gasteiger partial charge < -0.3 is 15.7 Å². The number of rotatable bonds is 7. The fraction of sp³-hybridized carbons (Fsp3) is 0.400. The largest absolute Gasteiger partial charge is 0.383 e. The molecular formula is C10H16N2O3. The van der Waals surface area contributed by atoms with Crippen molar-refractivity contribution in [3.05, 3.63) is 25.3 Å². The van der Waals surface area contributed by atoms with E-state index in [9.17, 15) is 14.7 Å². The molecule has 84 valence electrons. The van der Waals surface area contributed by atoms with Gasteiger partial charge in [0.15, 0.2) is 0 Å². The van der Waals surface area contributed by atoms with Crippen LogP contribution in [0.5, 0.6) is 0 Å². The highest BCUT2D eigenvalue weighted by Gasteiger charge is 2.17. The normalized spacial score (nSPS) is 11.3. The Morgan fingerprint density at radius 3 is 2.27 bits per heavy atom. The van der Waals surface area contributed by atoms with Gasteiger partial charge in [-0.3, -0.25) is 9.59 Å². The highest BCUT2D eigenvalue weighted by molar-refractivity contribution is 5.87. The third-order valence-electron chi connectivity index (χ3n) is 1.55. The van der Waals surface area contributed by atoms with E-state index in [1.165, 1.54) is 12.2 Å². The topological polar surface area (TPSA) is 78.4 Å². The van der Waals surface area contributed by atoms with Crippen molar-refractivity contribution in [1.82, 2.24) is 10.6 Å². The molecule has 0 aromatic heterocycles. The quantitative estimate of drug-likeness (QED) is 0.490. The average Bonchev–Trinajstić information content (AvgIpc) is 2.22. The summed E-state index contributed by atoms with van der Waals surface area (Å²) in [6.45, 7) is 7.41. The van der Waals surface area contributed by atoms with Crippen LogP contribution in [0.2, 0.25) is 0 Å². The third kappa shape index (κ3) is 6.45. The second kappa shape index (κ2) is 7.75. The van der Waals surface area contributed by atoms with Crippen LogP contribution >= 0.6 is 0 Å². The molecule has 2 amide bonds. The molecule has 1 unspecified atom stereocenters. The maximum absolute atomic E-state index is 11.1. The number of amides is 2. The molecule has 0 fully saturated rings. The van der Waals surface area contributed by atoms with Gasteiger partial charge in [-0.2, -0.15) is 0 Å². The van der Waals surface area contributed by atoms with Gasteiger partial charge in [-0.25, -0.2) is 0 Å². The lowest BCUT2D eigenvalue weighted by Gasteiger charge is -2.09. The molecule has 0 bridgehead atoms. The number of hydrogen-bond acceptors (Lipinski definition) is 3. The Morgan fingerprint density at radius 2 is 1.73 bits per heavy atom. The summed E-state index contributed by atoms with van der Waals surface area (Å²) in [6.07, 6.45) is 1.43. The molecule has 0 aliphatic carbocycles. The molecule has 0 saturated heterocycles. The van der Waals surface area contributed by atoms with Crippen molar-refractivity contribution in [3.63, 3.8) is 0 Å². The SMILES string of the molecule is C=CCNC(=O)CC(O)C(=O)NCC=C. The van der Waals surface area contributed by atoms with Crippen molar-refractivity contribution in [2.24, 2.45) is 0 Å². The molecular weight excluding hydrogens is 196 g/mol. The van der Waals surface area contributed by atoms with Crippen LogP contribution < -0.4 is 10.6 Å². The first kappa shape index (κ1) is 13.4. The Hall–Kier alpha value is -1.62. The maximum atomic E-state index is 11.1. The standard InChI is InChI=1S/C10H16N2O3/c1-3-5-11-9(14)7-8(13)10(15)12-6-4-2/h3-4,8,13H,1-2,5-7H2,(H,11,14)(H,12,15). The molecule has 0 aromatic rings.